The minimum Gasteiger partial charge on any atom is -0.353 e. The van der Waals surface area contributed by atoms with E-state index in [1.165, 1.54) is 18.2 Å². The standard InChI is InChI=1S/C12H16FN3O2/c1-14-8-11(17)15-6-7-16-12(18)9-4-2-3-5-10(9)13/h2-5,14H,6-8H2,1H3,(H,15,17)(H,16,18). The molecular weight excluding hydrogens is 237 g/mol. The van der Waals surface area contributed by atoms with E-state index in [0.29, 0.717) is 6.54 Å². The van der Waals surface area contributed by atoms with Gasteiger partial charge in [0.2, 0.25) is 5.91 Å². The maximum Gasteiger partial charge on any atom is 0.254 e. The van der Waals surface area contributed by atoms with Gasteiger partial charge in [0.1, 0.15) is 5.82 Å². The lowest BCUT2D eigenvalue weighted by molar-refractivity contribution is -0.120. The highest BCUT2D eigenvalue weighted by Crippen LogP contribution is 2.05. The quantitative estimate of drug-likeness (QED) is 0.620. The Morgan fingerprint density at radius 3 is 2.50 bits per heavy atom. The van der Waals surface area contributed by atoms with Gasteiger partial charge in [-0.25, -0.2) is 4.39 Å². The Labute approximate surface area is 105 Å². The van der Waals surface area contributed by atoms with E-state index < -0.39 is 11.7 Å². The molecule has 0 aromatic heterocycles. The van der Waals surface area contributed by atoms with Crippen LogP contribution in [0.4, 0.5) is 4.39 Å². The Bertz CT molecular complexity index is 424. The van der Waals surface area contributed by atoms with Crippen molar-refractivity contribution in [2.24, 2.45) is 0 Å². The lowest BCUT2D eigenvalue weighted by Crippen LogP contribution is -2.38. The molecule has 0 radical (unpaired) electrons. The van der Waals surface area contributed by atoms with Crippen molar-refractivity contribution in [3.05, 3.63) is 35.6 Å². The molecule has 98 valence electrons. The molecule has 0 spiro atoms. The van der Waals surface area contributed by atoms with Crippen LogP contribution in [-0.4, -0.2) is 38.5 Å². The number of benzene rings is 1. The maximum absolute atomic E-state index is 13.2. The fourth-order valence-corrected chi connectivity index (χ4v) is 1.34. The second-order valence-electron chi connectivity index (χ2n) is 3.62. The molecule has 1 aromatic rings. The van der Waals surface area contributed by atoms with Crippen LogP contribution in [0, 0.1) is 5.82 Å². The number of hydrogen-bond acceptors (Lipinski definition) is 3. The summed E-state index contributed by atoms with van der Waals surface area (Å²) in [5.74, 6) is -1.21. The number of likely N-dealkylation sites (N-methyl/N-ethyl adjacent to an activating group) is 1. The number of hydrogen-bond donors (Lipinski definition) is 3. The van der Waals surface area contributed by atoms with Crippen LogP contribution in [-0.2, 0) is 4.79 Å². The molecule has 0 aliphatic heterocycles. The monoisotopic (exact) mass is 253 g/mol. The molecule has 1 aromatic carbocycles. The van der Waals surface area contributed by atoms with Gasteiger partial charge < -0.3 is 16.0 Å². The van der Waals surface area contributed by atoms with Crippen molar-refractivity contribution < 1.29 is 14.0 Å². The molecular formula is C12H16FN3O2. The summed E-state index contributed by atoms with van der Waals surface area (Å²) in [7, 11) is 1.67. The Kier molecular flexibility index (Phi) is 5.79. The molecule has 5 nitrogen and oxygen atoms in total. The van der Waals surface area contributed by atoms with Crippen LogP contribution in [0.1, 0.15) is 10.4 Å². The average molecular weight is 253 g/mol. The van der Waals surface area contributed by atoms with Crippen molar-refractivity contribution in [3.63, 3.8) is 0 Å². The highest BCUT2D eigenvalue weighted by molar-refractivity contribution is 5.94. The summed E-state index contributed by atoms with van der Waals surface area (Å²) in [6.45, 7) is 0.782. The van der Waals surface area contributed by atoms with Crippen LogP contribution in [0.15, 0.2) is 24.3 Å². The van der Waals surface area contributed by atoms with Crippen molar-refractivity contribution in [1.29, 1.82) is 0 Å². The first-order chi connectivity index (χ1) is 8.65. The van der Waals surface area contributed by atoms with Gasteiger partial charge in [0.25, 0.3) is 5.91 Å². The molecule has 2 amide bonds. The second kappa shape index (κ2) is 7.39. The van der Waals surface area contributed by atoms with Crippen LogP contribution < -0.4 is 16.0 Å². The molecule has 18 heavy (non-hydrogen) atoms. The van der Waals surface area contributed by atoms with E-state index in [9.17, 15) is 14.0 Å². The predicted molar refractivity (Wildman–Crippen MR) is 65.7 cm³/mol. The van der Waals surface area contributed by atoms with Crippen LogP contribution >= 0.6 is 0 Å². The highest BCUT2D eigenvalue weighted by Gasteiger charge is 2.09. The minimum atomic E-state index is -0.561. The fourth-order valence-electron chi connectivity index (χ4n) is 1.34. The smallest absolute Gasteiger partial charge is 0.254 e. The molecule has 6 heteroatoms. The number of carbonyl (C=O) groups is 2. The summed E-state index contributed by atoms with van der Waals surface area (Å²) in [6, 6.07) is 5.74. The van der Waals surface area contributed by atoms with Crippen LogP contribution in [0.2, 0.25) is 0 Å². The summed E-state index contributed by atoms with van der Waals surface area (Å²) >= 11 is 0. The van der Waals surface area contributed by atoms with Crippen LogP contribution in [0.25, 0.3) is 0 Å². The molecule has 0 aliphatic rings. The molecule has 1 rings (SSSR count). The molecule has 0 heterocycles. The molecule has 0 aliphatic carbocycles. The number of nitrogens with one attached hydrogen (secondary N) is 3. The lowest BCUT2D eigenvalue weighted by atomic mass is 10.2. The van der Waals surface area contributed by atoms with Gasteiger partial charge in [0.15, 0.2) is 0 Å². The van der Waals surface area contributed by atoms with Crippen LogP contribution in [0.5, 0.6) is 0 Å². The first-order valence-corrected chi connectivity index (χ1v) is 5.59. The van der Waals surface area contributed by atoms with Gasteiger partial charge in [0, 0.05) is 13.1 Å². The molecule has 0 fully saturated rings. The first-order valence-electron chi connectivity index (χ1n) is 5.59. The molecule has 3 N–H and O–H groups in total. The predicted octanol–water partition coefficient (Wildman–Crippen LogP) is -0.109. The summed E-state index contributed by atoms with van der Waals surface area (Å²) in [5, 5.41) is 7.82. The van der Waals surface area contributed by atoms with Crippen molar-refractivity contribution in [2.75, 3.05) is 26.7 Å². The zero-order valence-electron chi connectivity index (χ0n) is 10.1. The number of carbonyl (C=O) groups excluding carboxylic acids is 2. The van der Waals surface area contributed by atoms with Gasteiger partial charge in [-0.3, -0.25) is 9.59 Å². The number of rotatable bonds is 6. The fraction of sp³-hybridized carbons (Fsp3) is 0.333. The number of halogens is 1. The van der Waals surface area contributed by atoms with E-state index in [0.717, 1.165) is 0 Å². The topological polar surface area (TPSA) is 70.2 Å². The zero-order valence-corrected chi connectivity index (χ0v) is 10.1. The lowest BCUT2D eigenvalue weighted by Gasteiger charge is -2.07. The van der Waals surface area contributed by atoms with E-state index in [-0.39, 0.29) is 24.6 Å². The Hall–Kier alpha value is -1.95. The minimum absolute atomic E-state index is 0.000878. The molecule has 0 atom stereocenters. The van der Waals surface area contributed by atoms with Crippen LogP contribution in [0.3, 0.4) is 0 Å². The van der Waals surface area contributed by atoms with E-state index in [1.54, 1.807) is 13.1 Å². The van der Waals surface area contributed by atoms with E-state index in [1.807, 2.05) is 0 Å². The van der Waals surface area contributed by atoms with E-state index in [2.05, 4.69) is 16.0 Å². The Balaban J connectivity index is 2.30. The largest absolute Gasteiger partial charge is 0.353 e. The van der Waals surface area contributed by atoms with Gasteiger partial charge in [-0.05, 0) is 19.2 Å². The SMILES string of the molecule is CNCC(=O)NCCNC(=O)c1ccccc1F. The van der Waals surface area contributed by atoms with E-state index >= 15 is 0 Å². The summed E-state index contributed by atoms with van der Waals surface area (Å²) in [5.41, 5.74) is -0.000878. The Morgan fingerprint density at radius 2 is 1.83 bits per heavy atom. The average Bonchev–Trinajstić information content (AvgIpc) is 2.35. The molecule has 0 bridgehead atoms. The van der Waals surface area contributed by atoms with Gasteiger partial charge >= 0.3 is 0 Å². The van der Waals surface area contributed by atoms with Crippen molar-refractivity contribution in [2.45, 2.75) is 0 Å². The third-order valence-electron chi connectivity index (χ3n) is 2.19. The normalized spacial score (nSPS) is 9.89. The van der Waals surface area contributed by atoms with Crippen molar-refractivity contribution in [3.8, 4) is 0 Å². The summed E-state index contributed by atoms with van der Waals surface area (Å²) in [4.78, 5) is 22.6. The van der Waals surface area contributed by atoms with Gasteiger partial charge in [-0.1, -0.05) is 12.1 Å². The van der Waals surface area contributed by atoms with Crippen molar-refractivity contribution in [1.82, 2.24) is 16.0 Å². The molecule has 0 saturated carbocycles. The third-order valence-corrected chi connectivity index (χ3v) is 2.19. The zero-order chi connectivity index (χ0) is 13.4. The Morgan fingerprint density at radius 1 is 1.17 bits per heavy atom. The molecule has 0 saturated heterocycles. The van der Waals surface area contributed by atoms with Gasteiger partial charge in [-0.2, -0.15) is 0 Å². The second-order valence-corrected chi connectivity index (χ2v) is 3.62. The van der Waals surface area contributed by atoms with Crippen molar-refractivity contribution >= 4 is 11.8 Å². The summed E-state index contributed by atoms with van der Waals surface area (Å²) in [6.07, 6.45) is 0. The number of amides is 2. The summed E-state index contributed by atoms with van der Waals surface area (Å²) < 4.78 is 13.2. The van der Waals surface area contributed by atoms with Gasteiger partial charge in [-0.15, -0.1) is 0 Å². The highest BCUT2D eigenvalue weighted by atomic mass is 19.1. The third kappa shape index (κ3) is 4.50. The first kappa shape index (κ1) is 14.1. The maximum atomic E-state index is 13.2. The van der Waals surface area contributed by atoms with E-state index in [4.69, 9.17) is 0 Å². The molecule has 0 unspecified atom stereocenters. The van der Waals surface area contributed by atoms with Gasteiger partial charge in [0.05, 0.1) is 12.1 Å².